The van der Waals surface area contributed by atoms with E-state index in [2.05, 4.69) is 0 Å². The molecule has 0 aromatic carbocycles. The van der Waals surface area contributed by atoms with Gasteiger partial charge in [-0.2, -0.15) is 0 Å². The van der Waals surface area contributed by atoms with E-state index in [-0.39, 0.29) is 12.2 Å². The first-order chi connectivity index (χ1) is 4.76. The van der Waals surface area contributed by atoms with E-state index in [1.165, 1.54) is 0 Å². The molecule has 0 fully saturated rings. The SMILES string of the molecule is COCC(C)C(OC)OC. The molecule has 0 aliphatic carbocycles. The molecule has 0 heterocycles. The van der Waals surface area contributed by atoms with E-state index in [4.69, 9.17) is 14.2 Å². The highest BCUT2D eigenvalue weighted by atomic mass is 16.7. The van der Waals surface area contributed by atoms with E-state index in [9.17, 15) is 0 Å². The summed E-state index contributed by atoms with van der Waals surface area (Å²) < 4.78 is 15.0. The summed E-state index contributed by atoms with van der Waals surface area (Å²) in [5.41, 5.74) is 0. The normalized spacial score (nSPS) is 14.1. The molecule has 0 aliphatic rings. The van der Waals surface area contributed by atoms with Gasteiger partial charge in [0, 0.05) is 27.2 Å². The third-order valence-electron chi connectivity index (χ3n) is 1.36. The molecule has 0 spiro atoms. The molecule has 0 aliphatic heterocycles. The number of rotatable bonds is 5. The standard InChI is InChI=1S/C7H16O3/c1-6(5-8-2)7(9-3)10-4/h6-7H,5H2,1-4H3. The molecule has 0 saturated heterocycles. The molecule has 1 unspecified atom stereocenters. The Kier molecular flexibility index (Phi) is 5.58. The predicted octanol–water partition coefficient (Wildman–Crippen LogP) is 0.888. The molecule has 62 valence electrons. The second kappa shape index (κ2) is 5.65. The summed E-state index contributed by atoms with van der Waals surface area (Å²) in [4.78, 5) is 0. The van der Waals surface area contributed by atoms with Gasteiger partial charge in [0.2, 0.25) is 0 Å². The zero-order valence-electron chi connectivity index (χ0n) is 7.09. The molecule has 0 radical (unpaired) electrons. The van der Waals surface area contributed by atoms with E-state index >= 15 is 0 Å². The van der Waals surface area contributed by atoms with Crippen LogP contribution in [-0.2, 0) is 14.2 Å². The van der Waals surface area contributed by atoms with Gasteiger partial charge in [-0.05, 0) is 0 Å². The largest absolute Gasteiger partial charge is 0.384 e. The van der Waals surface area contributed by atoms with Crippen molar-refractivity contribution in [2.75, 3.05) is 27.9 Å². The summed E-state index contributed by atoms with van der Waals surface area (Å²) >= 11 is 0. The Morgan fingerprint density at radius 2 is 1.60 bits per heavy atom. The summed E-state index contributed by atoms with van der Waals surface area (Å²) in [5, 5.41) is 0. The summed E-state index contributed by atoms with van der Waals surface area (Å²) in [6.07, 6.45) is -0.153. The van der Waals surface area contributed by atoms with Crippen LogP contribution in [0.5, 0.6) is 0 Å². The molecule has 0 saturated carbocycles. The Hall–Kier alpha value is -0.120. The van der Waals surface area contributed by atoms with Crippen molar-refractivity contribution in [3.63, 3.8) is 0 Å². The zero-order chi connectivity index (χ0) is 7.98. The van der Waals surface area contributed by atoms with Gasteiger partial charge in [-0.3, -0.25) is 0 Å². The van der Waals surface area contributed by atoms with Crippen LogP contribution in [0.1, 0.15) is 6.92 Å². The van der Waals surface area contributed by atoms with Crippen LogP contribution in [0.3, 0.4) is 0 Å². The number of methoxy groups -OCH3 is 3. The van der Waals surface area contributed by atoms with Gasteiger partial charge in [0.15, 0.2) is 6.29 Å². The Bertz CT molecular complexity index is 71.3. The zero-order valence-corrected chi connectivity index (χ0v) is 7.09. The topological polar surface area (TPSA) is 27.7 Å². The van der Waals surface area contributed by atoms with Gasteiger partial charge < -0.3 is 14.2 Å². The fraction of sp³-hybridized carbons (Fsp3) is 1.00. The molecule has 0 bridgehead atoms. The fourth-order valence-corrected chi connectivity index (χ4v) is 0.902. The average molecular weight is 148 g/mol. The Morgan fingerprint density at radius 3 is 1.90 bits per heavy atom. The van der Waals surface area contributed by atoms with Crippen molar-refractivity contribution in [2.45, 2.75) is 13.2 Å². The van der Waals surface area contributed by atoms with Crippen LogP contribution < -0.4 is 0 Å². The van der Waals surface area contributed by atoms with Gasteiger partial charge in [-0.1, -0.05) is 6.92 Å². The highest BCUT2D eigenvalue weighted by Crippen LogP contribution is 2.06. The van der Waals surface area contributed by atoms with E-state index in [1.54, 1.807) is 21.3 Å². The minimum atomic E-state index is -0.153. The minimum absolute atomic E-state index is 0.153. The third-order valence-corrected chi connectivity index (χ3v) is 1.36. The molecular formula is C7H16O3. The highest BCUT2D eigenvalue weighted by molar-refractivity contribution is 4.53. The van der Waals surface area contributed by atoms with Crippen LogP contribution in [0.4, 0.5) is 0 Å². The van der Waals surface area contributed by atoms with E-state index in [1.807, 2.05) is 6.92 Å². The molecule has 0 rings (SSSR count). The van der Waals surface area contributed by atoms with Crippen LogP contribution in [-0.4, -0.2) is 34.2 Å². The van der Waals surface area contributed by atoms with Gasteiger partial charge in [-0.15, -0.1) is 0 Å². The first-order valence-electron chi connectivity index (χ1n) is 3.30. The summed E-state index contributed by atoms with van der Waals surface area (Å²) in [7, 11) is 4.92. The van der Waals surface area contributed by atoms with Crippen molar-refractivity contribution in [1.82, 2.24) is 0 Å². The Morgan fingerprint density at radius 1 is 1.10 bits per heavy atom. The van der Waals surface area contributed by atoms with E-state index in [0.29, 0.717) is 6.61 Å². The van der Waals surface area contributed by atoms with Crippen LogP contribution in [0, 0.1) is 5.92 Å². The maximum atomic E-state index is 5.01. The maximum absolute atomic E-state index is 5.01. The van der Waals surface area contributed by atoms with Gasteiger partial charge >= 0.3 is 0 Å². The second-order valence-corrected chi connectivity index (χ2v) is 2.27. The monoisotopic (exact) mass is 148 g/mol. The van der Waals surface area contributed by atoms with Gasteiger partial charge in [0.25, 0.3) is 0 Å². The first-order valence-corrected chi connectivity index (χ1v) is 3.30. The van der Waals surface area contributed by atoms with E-state index in [0.717, 1.165) is 0 Å². The number of hydrogen-bond donors (Lipinski definition) is 0. The second-order valence-electron chi connectivity index (χ2n) is 2.27. The molecule has 10 heavy (non-hydrogen) atoms. The Balaban J connectivity index is 3.53. The summed E-state index contributed by atoms with van der Waals surface area (Å²) in [6.45, 7) is 2.67. The third kappa shape index (κ3) is 3.15. The molecule has 0 aromatic rings. The van der Waals surface area contributed by atoms with Crippen molar-refractivity contribution in [1.29, 1.82) is 0 Å². The van der Waals surface area contributed by atoms with Crippen LogP contribution in [0.2, 0.25) is 0 Å². The van der Waals surface area contributed by atoms with Gasteiger partial charge in [0.05, 0.1) is 6.61 Å². The summed E-state index contributed by atoms with van der Waals surface area (Å²) in [5.74, 6) is 0.278. The average Bonchev–Trinajstić information content (AvgIpc) is 1.91. The first kappa shape index (κ1) is 9.88. The summed E-state index contributed by atoms with van der Waals surface area (Å²) in [6, 6.07) is 0. The Labute approximate surface area is 62.3 Å². The van der Waals surface area contributed by atoms with Gasteiger partial charge in [-0.25, -0.2) is 0 Å². The molecule has 3 nitrogen and oxygen atoms in total. The van der Waals surface area contributed by atoms with E-state index < -0.39 is 0 Å². The lowest BCUT2D eigenvalue weighted by atomic mass is 10.2. The van der Waals surface area contributed by atoms with Crippen molar-refractivity contribution < 1.29 is 14.2 Å². The van der Waals surface area contributed by atoms with Crippen LogP contribution in [0.15, 0.2) is 0 Å². The minimum Gasteiger partial charge on any atom is -0.384 e. The smallest absolute Gasteiger partial charge is 0.161 e. The molecule has 0 amide bonds. The van der Waals surface area contributed by atoms with Crippen molar-refractivity contribution in [3.8, 4) is 0 Å². The lowest BCUT2D eigenvalue weighted by molar-refractivity contribution is -0.143. The highest BCUT2D eigenvalue weighted by Gasteiger charge is 2.14. The molecular weight excluding hydrogens is 132 g/mol. The van der Waals surface area contributed by atoms with Gasteiger partial charge in [0.1, 0.15) is 0 Å². The number of ether oxygens (including phenoxy) is 3. The molecule has 0 aromatic heterocycles. The maximum Gasteiger partial charge on any atom is 0.161 e. The molecule has 3 heteroatoms. The van der Waals surface area contributed by atoms with Crippen molar-refractivity contribution in [3.05, 3.63) is 0 Å². The van der Waals surface area contributed by atoms with Crippen LogP contribution in [0.25, 0.3) is 0 Å². The lowest BCUT2D eigenvalue weighted by Crippen LogP contribution is -2.25. The molecule has 1 atom stereocenters. The predicted molar refractivity (Wildman–Crippen MR) is 38.8 cm³/mol. The lowest BCUT2D eigenvalue weighted by Gasteiger charge is -2.19. The van der Waals surface area contributed by atoms with Crippen molar-refractivity contribution >= 4 is 0 Å². The molecule has 0 N–H and O–H groups in total. The quantitative estimate of drug-likeness (QED) is 0.542. The van der Waals surface area contributed by atoms with Crippen LogP contribution >= 0.6 is 0 Å². The number of hydrogen-bond acceptors (Lipinski definition) is 3. The van der Waals surface area contributed by atoms with Crippen molar-refractivity contribution in [2.24, 2.45) is 5.92 Å². The fourth-order valence-electron chi connectivity index (χ4n) is 0.902.